The molecule has 5 nitrogen and oxygen atoms in total. The average Bonchev–Trinajstić information content (AvgIpc) is 2.66. The number of rotatable bonds is 13. The van der Waals surface area contributed by atoms with Crippen molar-refractivity contribution >= 4 is 12.0 Å². The van der Waals surface area contributed by atoms with Crippen LogP contribution in [0, 0.1) is 11.3 Å². The van der Waals surface area contributed by atoms with Gasteiger partial charge in [0.25, 0.3) is 5.91 Å². The highest BCUT2D eigenvalue weighted by Crippen LogP contribution is 2.15. The highest BCUT2D eigenvalue weighted by Gasteiger charge is 2.08. The molecule has 0 saturated carbocycles. The molecule has 0 radical (unpaired) electrons. The van der Waals surface area contributed by atoms with Gasteiger partial charge < -0.3 is 14.8 Å². The molecule has 0 atom stereocenters. The molecule has 0 aliphatic rings. The van der Waals surface area contributed by atoms with Crippen LogP contribution in [0.4, 0.5) is 0 Å². The molecule has 1 amide bonds. The van der Waals surface area contributed by atoms with E-state index < -0.39 is 0 Å². The van der Waals surface area contributed by atoms with E-state index in [0.29, 0.717) is 26.4 Å². The average molecular weight is 358 g/mol. The van der Waals surface area contributed by atoms with E-state index in [9.17, 15) is 10.1 Å². The number of amides is 1. The molecule has 0 aromatic heterocycles. The number of unbranched alkanes of at least 4 members (excludes halogenated alkanes) is 3. The fourth-order valence-corrected chi connectivity index (χ4v) is 2.31. The maximum atomic E-state index is 12.0. The number of hydrogen-bond donors (Lipinski definition) is 1. The summed E-state index contributed by atoms with van der Waals surface area (Å²) in [4.78, 5) is 12.0. The molecule has 5 heteroatoms. The number of ether oxygens (including phenoxy) is 2. The van der Waals surface area contributed by atoms with Gasteiger partial charge in [-0.1, -0.05) is 38.3 Å². The summed E-state index contributed by atoms with van der Waals surface area (Å²) in [6, 6.07) is 9.38. The van der Waals surface area contributed by atoms with Crippen LogP contribution >= 0.6 is 0 Å². The van der Waals surface area contributed by atoms with Gasteiger partial charge in [0.05, 0.1) is 6.61 Å². The van der Waals surface area contributed by atoms with Gasteiger partial charge in [0.2, 0.25) is 0 Å². The second-order valence-corrected chi connectivity index (χ2v) is 5.95. The first-order valence-corrected chi connectivity index (χ1v) is 9.41. The van der Waals surface area contributed by atoms with Crippen LogP contribution in [0.25, 0.3) is 6.08 Å². The second-order valence-electron chi connectivity index (χ2n) is 5.95. The molecule has 0 spiro atoms. The Kier molecular flexibility index (Phi) is 11.6. The summed E-state index contributed by atoms with van der Waals surface area (Å²) in [6.45, 7) is 6.57. The number of hydrogen-bond acceptors (Lipinski definition) is 4. The summed E-state index contributed by atoms with van der Waals surface area (Å²) >= 11 is 0. The second kappa shape index (κ2) is 13.9. The zero-order valence-corrected chi connectivity index (χ0v) is 15.9. The van der Waals surface area contributed by atoms with Gasteiger partial charge in [0, 0.05) is 19.8 Å². The Morgan fingerprint density at radius 3 is 2.54 bits per heavy atom. The molecule has 0 fully saturated rings. The first-order chi connectivity index (χ1) is 12.7. The van der Waals surface area contributed by atoms with Crippen LogP contribution in [0.1, 0.15) is 51.5 Å². The zero-order valence-electron chi connectivity index (χ0n) is 15.9. The molecular weight excluding hydrogens is 328 g/mol. The fraction of sp³-hybridized carbons (Fsp3) is 0.524. The first-order valence-electron chi connectivity index (χ1n) is 9.41. The summed E-state index contributed by atoms with van der Waals surface area (Å²) in [5.41, 5.74) is 0.888. The molecule has 1 aromatic carbocycles. The molecule has 0 aliphatic carbocycles. The molecule has 0 heterocycles. The summed E-state index contributed by atoms with van der Waals surface area (Å²) in [5.74, 6) is 0.442. The minimum atomic E-state index is -0.361. The van der Waals surface area contributed by atoms with Crippen molar-refractivity contribution in [2.75, 3.05) is 26.4 Å². The SMILES string of the molecule is CCCCCCOc1ccc(/C=C(\C#N)C(=O)NCCCOCC)cc1. The molecule has 1 N–H and O–H groups in total. The predicted molar refractivity (Wildman–Crippen MR) is 104 cm³/mol. The number of nitrogens with one attached hydrogen (secondary N) is 1. The Labute approximate surface area is 157 Å². The highest BCUT2D eigenvalue weighted by molar-refractivity contribution is 6.01. The lowest BCUT2D eigenvalue weighted by Crippen LogP contribution is -2.26. The molecule has 1 rings (SSSR count). The van der Waals surface area contributed by atoms with Crippen molar-refractivity contribution in [2.24, 2.45) is 0 Å². The summed E-state index contributed by atoms with van der Waals surface area (Å²) in [5, 5.41) is 11.9. The van der Waals surface area contributed by atoms with Gasteiger partial charge in [-0.2, -0.15) is 5.26 Å². The van der Waals surface area contributed by atoms with Crippen molar-refractivity contribution in [1.29, 1.82) is 5.26 Å². The standard InChI is InChI=1S/C21H30N2O3/c1-3-5-6-7-15-26-20-11-9-18(10-12-20)16-19(17-22)21(24)23-13-8-14-25-4-2/h9-12,16H,3-8,13-15H2,1-2H3,(H,23,24)/b19-16+. The van der Waals surface area contributed by atoms with Crippen LogP contribution in [0.2, 0.25) is 0 Å². The lowest BCUT2D eigenvalue weighted by Gasteiger charge is -2.07. The predicted octanol–water partition coefficient (Wildman–Crippen LogP) is 4.10. The maximum absolute atomic E-state index is 12.0. The van der Waals surface area contributed by atoms with E-state index in [1.807, 2.05) is 37.3 Å². The Morgan fingerprint density at radius 2 is 1.88 bits per heavy atom. The van der Waals surface area contributed by atoms with E-state index >= 15 is 0 Å². The van der Waals surface area contributed by atoms with E-state index in [1.54, 1.807) is 6.08 Å². The third-order valence-corrected chi connectivity index (χ3v) is 3.78. The quantitative estimate of drug-likeness (QED) is 0.327. The van der Waals surface area contributed by atoms with Crippen LogP contribution in [0.5, 0.6) is 5.75 Å². The van der Waals surface area contributed by atoms with Crippen LogP contribution in [-0.2, 0) is 9.53 Å². The summed E-state index contributed by atoms with van der Waals surface area (Å²) in [7, 11) is 0. The molecule has 142 valence electrons. The molecule has 0 bridgehead atoms. The number of nitrogens with zero attached hydrogens (tertiary/aromatic N) is 1. The van der Waals surface area contributed by atoms with E-state index in [-0.39, 0.29) is 11.5 Å². The van der Waals surface area contributed by atoms with Crippen LogP contribution in [0.15, 0.2) is 29.8 Å². The van der Waals surface area contributed by atoms with E-state index in [4.69, 9.17) is 9.47 Å². The summed E-state index contributed by atoms with van der Waals surface area (Å²) < 4.78 is 10.9. The Bertz CT molecular complexity index is 588. The van der Waals surface area contributed by atoms with E-state index in [1.165, 1.54) is 19.3 Å². The van der Waals surface area contributed by atoms with Gasteiger partial charge in [-0.05, 0) is 43.5 Å². The van der Waals surface area contributed by atoms with Crippen LogP contribution < -0.4 is 10.1 Å². The first kappa shape index (κ1) is 21.7. The zero-order chi connectivity index (χ0) is 19.0. The molecule has 26 heavy (non-hydrogen) atoms. The number of carbonyl (C=O) groups excluding carboxylic acids is 1. The monoisotopic (exact) mass is 358 g/mol. The topological polar surface area (TPSA) is 71.3 Å². The molecule has 0 aliphatic heterocycles. The summed E-state index contributed by atoms with van der Waals surface area (Å²) in [6.07, 6.45) is 6.99. The number of nitriles is 1. The number of benzene rings is 1. The lowest BCUT2D eigenvalue weighted by molar-refractivity contribution is -0.117. The minimum absolute atomic E-state index is 0.0923. The highest BCUT2D eigenvalue weighted by atomic mass is 16.5. The van der Waals surface area contributed by atoms with Gasteiger partial charge >= 0.3 is 0 Å². The molecule has 0 saturated heterocycles. The van der Waals surface area contributed by atoms with Crippen molar-refractivity contribution in [3.8, 4) is 11.8 Å². The van der Waals surface area contributed by atoms with Gasteiger partial charge in [0.15, 0.2) is 0 Å². The molecule has 1 aromatic rings. The van der Waals surface area contributed by atoms with Crippen molar-refractivity contribution in [3.05, 3.63) is 35.4 Å². The smallest absolute Gasteiger partial charge is 0.261 e. The van der Waals surface area contributed by atoms with Crippen LogP contribution in [-0.4, -0.2) is 32.3 Å². The van der Waals surface area contributed by atoms with Gasteiger partial charge in [0.1, 0.15) is 17.4 Å². The lowest BCUT2D eigenvalue weighted by atomic mass is 10.1. The van der Waals surface area contributed by atoms with E-state index in [0.717, 1.165) is 24.2 Å². The largest absolute Gasteiger partial charge is 0.494 e. The van der Waals surface area contributed by atoms with Crippen molar-refractivity contribution in [2.45, 2.75) is 46.0 Å². The van der Waals surface area contributed by atoms with Gasteiger partial charge in [-0.15, -0.1) is 0 Å². The van der Waals surface area contributed by atoms with Crippen LogP contribution in [0.3, 0.4) is 0 Å². The molecular formula is C21H30N2O3. The third kappa shape index (κ3) is 9.24. The molecule has 0 unspecified atom stereocenters. The Balaban J connectivity index is 2.47. The van der Waals surface area contributed by atoms with E-state index in [2.05, 4.69) is 12.2 Å². The normalized spacial score (nSPS) is 11.0. The Hall–Kier alpha value is -2.32. The minimum Gasteiger partial charge on any atom is -0.494 e. The van der Waals surface area contributed by atoms with Gasteiger partial charge in [-0.3, -0.25) is 4.79 Å². The van der Waals surface area contributed by atoms with Gasteiger partial charge in [-0.25, -0.2) is 0 Å². The number of carbonyl (C=O) groups is 1. The van der Waals surface area contributed by atoms with Crippen molar-refractivity contribution in [1.82, 2.24) is 5.32 Å². The fourth-order valence-electron chi connectivity index (χ4n) is 2.31. The maximum Gasteiger partial charge on any atom is 0.261 e. The van der Waals surface area contributed by atoms with Crippen molar-refractivity contribution < 1.29 is 14.3 Å². The third-order valence-electron chi connectivity index (χ3n) is 3.78. The van der Waals surface area contributed by atoms with Crippen molar-refractivity contribution in [3.63, 3.8) is 0 Å². The Morgan fingerprint density at radius 1 is 1.12 bits per heavy atom.